The van der Waals surface area contributed by atoms with Gasteiger partial charge in [-0.25, -0.2) is 0 Å². The second-order valence-electron chi connectivity index (χ2n) is 4.63. The summed E-state index contributed by atoms with van der Waals surface area (Å²) >= 11 is 0. The van der Waals surface area contributed by atoms with Gasteiger partial charge in [-0.1, -0.05) is 0 Å². The van der Waals surface area contributed by atoms with Crippen molar-refractivity contribution in [2.24, 2.45) is 0 Å². The van der Waals surface area contributed by atoms with Crippen LogP contribution in [0.1, 0.15) is 12.1 Å². The van der Waals surface area contributed by atoms with Crippen molar-refractivity contribution in [2.45, 2.75) is 25.0 Å². The molecule has 0 aromatic carbocycles. The summed E-state index contributed by atoms with van der Waals surface area (Å²) in [6, 6.07) is 1.49. The van der Waals surface area contributed by atoms with Crippen LogP contribution in [0.3, 0.4) is 0 Å². The molecule has 0 radical (unpaired) electrons. The van der Waals surface area contributed by atoms with Crippen molar-refractivity contribution < 1.29 is 0 Å². The van der Waals surface area contributed by atoms with E-state index in [1.807, 2.05) is 6.20 Å². The Bertz CT molecular complexity index is 328. The van der Waals surface area contributed by atoms with Crippen LogP contribution in [0.5, 0.6) is 0 Å². The van der Waals surface area contributed by atoms with Crippen molar-refractivity contribution >= 4 is 0 Å². The summed E-state index contributed by atoms with van der Waals surface area (Å²) in [7, 11) is 2.21. The zero-order valence-corrected chi connectivity index (χ0v) is 9.00. The topological polar surface area (TPSA) is 32.3 Å². The van der Waals surface area contributed by atoms with Gasteiger partial charge in [0, 0.05) is 50.3 Å². The first-order chi connectivity index (χ1) is 7.33. The molecule has 3 saturated heterocycles. The fraction of sp³-hybridized carbons (Fsp3) is 0.636. The summed E-state index contributed by atoms with van der Waals surface area (Å²) in [6.45, 7) is 3.38. The highest BCUT2D eigenvalue weighted by Gasteiger charge is 2.43. The molecule has 1 aromatic heterocycles. The van der Waals surface area contributed by atoms with Crippen molar-refractivity contribution in [3.63, 3.8) is 0 Å². The van der Waals surface area contributed by atoms with E-state index in [2.05, 4.69) is 26.8 Å². The van der Waals surface area contributed by atoms with E-state index in [4.69, 9.17) is 0 Å². The Morgan fingerprint density at radius 3 is 2.80 bits per heavy atom. The first kappa shape index (κ1) is 9.24. The van der Waals surface area contributed by atoms with Crippen LogP contribution in [0.25, 0.3) is 0 Å². The third-order valence-electron chi connectivity index (χ3n) is 3.49. The number of hydrogen-bond acceptors (Lipinski definition) is 4. The number of fused-ring (bicyclic) bond motifs is 2. The molecule has 3 fully saturated rings. The highest BCUT2D eigenvalue weighted by atomic mass is 15.3. The lowest BCUT2D eigenvalue weighted by molar-refractivity contribution is -0.0675. The van der Waals surface area contributed by atoms with Gasteiger partial charge in [-0.05, 0) is 13.5 Å². The molecule has 4 nitrogen and oxygen atoms in total. The van der Waals surface area contributed by atoms with Crippen LogP contribution in [0.15, 0.2) is 18.6 Å². The Kier molecular flexibility index (Phi) is 2.18. The second kappa shape index (κ2) is 3.54. The van der Waals surface area contributed by atoms with Gasteiger partial charge in [-0.2, -0.15) is 0 Å². The summed E-state index contributed by atoms with van der Waals surface area (Å²) in [4.78, 5) is 13.4. The predicted octanol–water partition coefficient (Wildman–Crippen LogP) is 0.365. The van der Waals surface area contributed by atoms with E-state index in [0.29, 0.717) is 0 Å². The SMILES string of the molecule is CN1CC2CC(C1)N2Cc1cnccn1. The number of likely N-dealkylation sites (N-methyl/N-ethyl adjacent to an activating group) is 1. The van der Waals surface area contributed by atoms with Crippen LogP contribution in [-0.4, -0.2) is 52.0 Å². The van der Waals surface area contributed by atoms with Gasteiger partial charge in [-0.3, -0.25) is 14.9 Å². The molecule has 1 aromatic rings. The van der Waals surface area contributed by atoms with Crippen molar-refractivity contribution in [3.8, 4) is 0 Å². The fourth-order valence-electron chi connectivity index (χ4n) is 2.75. The monoisotopic (exact) mass is 204 g/mol. The zero-order valence-electron chi connectivity index (χ0n) is 9.00. The lowest BCUT2D eigenvalue weighted by Gasteiger charge is -2.55. The van der Waals surface area contributed by atoms with Crippen LogP contribution in [-0.2, 0) is 6.54 Å². The molecule has 0 aliphatic carbocycles. The Morgan fingerprint density at radius 1 is 1.33 bits per heavy atom. The van der Waals surface area contributed by atoms with Crippen LogP contribution < -0.4 is 0 Å². The maximum absolute atomic E-state index is 4.33. The van der Waals surface area contributed by atoms with Crippen molar-refractivity contribution in [1.29, 1.82) is 0 Å². The summed E-state index contributed by atoms with van der Waals surface area (Å²) < 4.78 is 0. The average molecular weight is 204 g/mol. The summed E-state index contributed by atoms with van der Waals surface area (Å²) in [5, 5.41) is 0. The highest BCUT2D eigenvalue weighted by Crippen LogP contribution is 2.32. The highest BCUT2D eigenvalue weighted by molar-refractivity contribution is 5.04. The molecule has 3 aliphatic heterocycles. The molecule has 2 bridgehead atoms. The Labute approximate surface area is 89.9 Å². The van der Waals surface area contributed by atoms with Crippen LogP contribution in [0.2, 0.25) is 0 Å². The van der Waals surface area contributed by atoms with Crippen LogP contribution in [0, 0.1) is 0 Å². The molecule has 0 saturated carbocycles. The molecule has 0 amide bonds. The molecular formula is C11H16N4. The normalized spacial score (nSPS) is 31.3. The van der Waals surface area contributed by atoms with Gasteiger partial charge in [0.05, 0.1) is 5.69 Å². The van der Waals surface area contributed by atoms with E-state index in [0.717, 1.165) is 24.3 Å². The lowest BCUT2D eigenvalue weighted by Crippen LogP contribution is -2.67. The van der Waals surface area contributed by atoms with Crippen molar-refractivity contribution in [2.75, 3.05) is 20.1 Å². The van der Waals surface area contributed by atoms with Gasteiger partial charge in [0.25, 0.3) is 0 Å². The number of hydrogen-bond donors (Lipinski definition) is 0. The molecule has 0 N–H and O–H groups in total. The number of piperazine rings is 1. The van der Waals surface area contributed by atoms with Gasteiger partial charge in [-0.15, -0.1) is 0 Å². The van der Waals surface area contributed by atoms with E-state index in [9.17, 15) is 0 Å². The van der Waals surface area contributed by atoms with Crippen molar-refractivity contribution in [3.05, 3.63) is 24.3 Å². The molecule has 80 valence electrons. The number of rotatable bonds is 2. The summed E-state index contributed by atoms with van der Waals surface area (Å²) in [6.07, 6.45) is 6.74. The van der Waals surface area contributed by atoms with Gasteiger partial charge in [0.1, 0.15) is 0 Å². The average Bonchev–Trinajstić information content (AvgIpc) is 2.27. The number of aromatic nitrogens is 2. The third-order valence-corrected chi connectivity index (χ3v) is 3.49. The Hall–Kier alpha value is -1.00. The molecule has 3 aliphatic rings. The van der Waals surface area contributed by atoms with E-state index in [1.165, 1.54) is 19.5 Å². The van der Waals surface area contributed by atoms with Crippen molar-refractivity contribution in [1.82, 2.24) is 19.8 Å². The zero-order chi connectivity index (χ0) is 10.3. The minimum Gasteiger partial charge on any atom is -0.303 e. The second-order valence-corrected chi connectivity index (χ2v) is 4.63. The third kappa shape index (κ3) is 1.64. The van der Waals surface area contributed by atoms with E-state index >= 15 is 0 Å². The molecule has 4 heteroatoms. The summed E-state index contributed by atoms with van der Waals surface area (Å²) in [5.74, 6) is 0. The fourth-order valence-corrected chi connectivity index (χ4v) is 2.75. The van der Waals surface area contributed by atoms with E-state index < -0.39 is 0 Å². The first-order valence-electron chi connectivity index (χ1n) is 5.52. The molecule has 4 rings (SSSR count). The maximum Gasteiger partial charge on any atom is 0.0727 e. The first-order valence-corrected chi connectivity index (χ1v) is 5.52. The van der Waals surface area contributed by atoms with Gasteiger partial charge in [0.15, 0.2) is 0 Å². The van der Waals surface area contributed by atoms with E-state index in [-0.39, 0.29) is 0 Å². The standard InChI is InChI=1S/C11H16N4/c1-14-7-10-4-11(8-14)15(10)6-9-5-12-2-3-13-9/h2-3,5,10-11H,4,6-8H2,1H3. The van der Waals surface area contributed by atoms with E-state index in [1.54, 1.807) is 12.4 Å². The Balaban J connectivity index is 1.66. The molecule has 2 atom stereocenters. The molecule has 2 unspecified atom stereocenters. The largest absolute Gasteiger partial charge is 0.303 e. The van der Waals surface area contributed by atoms with Crippen LogP contribution in [0.4, 0.5) is 0 Å². The minimum atomic E-state index is 0.746. The number of piperidine rings is 1. The van der Waals surface area contributed by atoms with Gasteiger partial charge in [0.2, 0.25) is 0 Å². The van der Waals surface area contributed by atoms with Crippen LogP contribution >= 0.6 is 0 Å². The maximum atomic E-state index is 4.33. The van der Waals surface area contributed by atoms with Gasteiger partial charge < -0.3 is 4.90 Å². The van der Waals surface area contributed by atoms with Gasteiger partial charge >= 0.3 is 0 Å². The number of nitrogens with zero attached hydrogens (tertiary/aromatic N) is 4. The quantitative estimate of drug-likeness (QED) is 0.696. The smallest absolute Gasteiger partial charge is 0.0727 e. The minimum absolute atomic E-state index is 0.746. The Morgan fingerprint density at radius 2 is 2.13 bits per heavy atom. The molecule has 0 spiro atoms. The predicted molar refractivity (Wildman–Crippen MR) is 57.3 cm³/mol. The summed E-state index contributed by atoms with van der Waals surface area (Å²) in [5.41, 5.74) is 1.09. The molecular weight excluding hydrogens is 188 g/mol. The molecule has 15 heavy (non-hydrogen) atoms. The lowest BCUT2D eigenvalue weighted by atomic mass is 9.87. The molecule has 4 heterocycles.